The van der Waals surface area contributed by atoms with Crippen molar-refractivity contribution < 1.29 is 18.3 Å². The van der Waals surface area contributed by atoms with E-state index in [9.17, 15) is 13.2 Å². The first kappa shape index (κ1) is 16.3. The number of terminal acetylenes is 1. The highest BCUT2D eigenvalue weighted by molar-refractivity contribution is 7.99. The van der Waals surface area contributed by atoms with Crippen molar-refractivity contribution in [2.45, 2.75) is 12.8 Å². The van der Waals surface area contributed by atoms with E-state index in [-0.39, 0.29) is 6.54 Å². The topological polar surface area (TPSA) is 86.7 Å². The molecule has 1 aliphatic rings. The number of carboxylic acid groups (broad SMARTS) is 1. The van der Waals surface area contributed by atoms with E-state index in [0.717, 1.165) is 0 Å². The van der Waals surface area contributed by atoms with Gasteiger partial charge in [-0.25, -0.2) is 4.72 Å². The van der Waals surface area contributed by atoms with Gasteiger partial charge in [0.15, 0.2) is 0 Å². The minimum absolute atomic E-state index is 0.0438. The summed E-state index contributed by atoms with van der Waals surface area (Å²) in [6.07, 6.45) is 6.18. The van der Waals surface area contributed by atoms with E-state index in [0.29, 0.717) is 37.4 Å². The lowest BCUT2D eigenvalue weighted by molar-refractivity contribution is -0.142. The standard InChI is InChI=1S/C11H18N2O4S2/c1-2-7-18-8-5-12-19(16,17)13-6-3-4-10(9-13)11(14)15/h1,10,12H,3-9H2,(H,14,15). The van der Waals surface area contributed by atoms with Crippen molar-refractivity contribution in [2.24, 2.45) is 5.92 Å². The van der Waals surface area contributed by atoms with Gasteiger partial charge in [0.05, 0.1) is 11.7 Å². The molecule has 0 aromatic carbocycles. The number of carboxylic acids is 1. The molecule has 0 spiro atoms. The van der Waals surface area contributed by atoms with E-state index in [1.807, 2.05) is 0 Å². The fraction of sp³-hybridized carbons (Fsp3) is 0.727. The van der Waals surface area contributed by atoms with Crippen LogP contribution in [0.1, 0.15) is 12.8 Å². The summed E-state index contributed by atoms with van der Waals surface area (Å²) in [4.78, 5) is 10.9. The van der Waals surface area contributed by atoms with Crippen molar-refractivity contribution in [1.82, 2.24) is 9.03 Å². The highest BCUT2D eigenvalue weighted by atomic mass is 32.2. The lowest BCUT2D eigenvalue weighted by Gasteiger charge is -2.29. The number of aliphatic carboxylic acids is 1. The smallest absolute Gasteiger partial charge is 0.307 e. The molecule has 1 atom stereocenters. The van der Waals surface area contributed by atoms with Crippen LogP contribution in [0.15, 0.2) is 0 Å². The van der Waals surface area contributed by atoms with Crippen molar-refractivity contribution in [2.75, 3.05) is 31.1 Å². The number of piperidine rings is 1. The number of hydrogen-bond acceptors (Lipinski definition) is 4. The van der Waals surface area contributed by atoms with Crippen LogP contribution >= 0.6 is 11.8 Å². The Balaban J connectivity index is 2.43. The van der Waals surface area contributed by atoms with Crippen molar-refractivity contribution in [3.05, 3.63) is 0 Å². The van der Waals surface area contributed by atoms with E-state index in [1.54, 1.807) is 0 Å². The maximum Gasteiger partial charge on any atom is 0.307 e. The van der Waals surface area contributed by atoms with Crippen molar-refractivity contribution >= 4 is 27.9 Å². The molecule has 1 saturated heterocycles. The van der Waals surface area contributed by atoms with Gasteiger partial charge in [-0.3, -0.25) is 4.79 Å². The maximum atomic E-state index is 12.0. The van der Waals surface area contributed by atoms with Crippen LogP contribution < -0.4 is 4.72 Å². The molecule has 0 aliphatic carbocycles. The monoisotopic (exact) mass is 306 g/mol. The van der Waals surface area contributed by atoms with E-state index >= 15 is 0 Å². The Morgan fingerprint density at radius 3 is 2.95 bits per heavy atom. The summed E-state index contributed by atoms with van der Waals surface area (Å²) in [5.41, 5.74) is 0. The highest BCUT2D eigenvalue weighted by Crippen LogP contribution is 2.18. The van der Waals surface area contributed by atoms with E-state index in [1.165, 1.54) is 16.1 Å². The molecule has 8 heteroatoms. The molecule has 1 fully saturated rings. The lowest BCUT2D eigenvalue weighted by Crippen LogP contribution is -2.47. The second-order valence-corrected chi connectivity index (χ2v) is 7.05. The molecule has 19 heavy (non-hydrogen) atoms. The zero-order valence-electron chi connectivity index (χ0n) is 10.5. The summed E-state index contributed by atoms with van der Waals surface area (Å²) >= 11 is 1.47. The Bertz CT molecular complexity index is 444. The maximum absolute atomic E-state index is 12.0. The predicted octanol–water partition coefficient (Wildman–Crippen LogP) is -0.0162. The van der Waals surface area contributed by atoms with Gasteiger partial charge in [-0.2, -0.15) is 12.7 Å². The normalized spacial score (nSPS) is 20.9. The molecule has 0 aromatic rings. The quantitative estimate of drug-likeness (QED) is 0.510. The molecule has 108 valence electrons. The Hall–Kier alpha value is -0.750. The third-order valence-electron chi connectivity index (χ3n) is 2.79. The first-order valence-corrected chi connectivity index (χ1v) is 8.55. The van der Waals surface area contributed by atoms with Gasteiger partial charge >= 0.3 is 5.97 Å². The molecule has 0 aromatic heterocycles. The van der Waals surface area contributed by atoms with Crippen LogP contribution in [0.3, 0.4) is 0 Å². The molecule has 1 unspecified atom stereocenters. The third kappa shape index (κ3) is 5.40. The van der Waals surface area contributed by atoms with Crippen molar-refractivity contribution in [3.8, 4) is 12.3 Å². The summed E-state index contributed by atoms with van der Waals surface area (Å²) in [6, 6.07) is 0. The number of nitrogens with zero attached hydrogens (tertiary/aromatic N) is 1. The molecule has 0 saturated carbocycles. The summed E-state index contributed by atoms with van der Waals surface area (Å²) in [6.45, 7) is 0.710. The van der Waals surface area contributed by atoms with E-state index in [2.05, 4.69) is 10.6 Å². The minimum Gasteiger partial charge on any atom is -0.481 e. The minimum atomic E-state index is -3.58. The van der Waals surface area contributed by atoms with Crippen molar-refractivity contribution in [1.29, 1.82) is 0 Å². The summed E-state index contributed by atoms with van der Waals surface area (Å²) in [5, 5.41) is 8.93. The summed E-state index contributed by atoms with van der Waals surface area (Å²) < 4.78 is 27.6. The van der Waals surface area contributed by atoms with Crippen LogP contribution in [0.25, 0.3) is 0 Å². The van der Waals surface area contributed by atoms with Gasteiger partial charge in [-0.1, -0.05) is 5.92 Å². The van der Waals surface area contributed by atoms with E-state index < -0.39 is 22.1 Å². The molecule has 2 N–H and O–H groups in total. The van der Waals surface area contributed by atoms with Gasteiger partial charge in [0.25, 0.3) is 10.2 Å². The van der Waals surface area contributed by atoms with Gasteiger partial charge < -0.3 is 5.11 Å². The molecule has 0 amide bonds. The first-order chi connectivity index (χ1) is 8.97. The van der Waals surface area contributed by atoms with Gasteiger partial charge in [0.2, 0.25) is 0 Å². The van der Waals surface area contributed by atoms with Crippen molar-refractivity contribution in [3.63, 3.8) is 0 Å². The van der Waals surface area contributed by atoms with Gasteiger partial charge in [0, 0.05) is 25.4 Å². The van der Waals surface area contributed by atoms with E-state index in [4.69, 9.17) is 11.5 Å². The molecule has 0 bridgehead atoms. The number of thioether (sulfide) groups is 1. The second kappa shape index (κ2) is 7.75. The van der Waals surface area contributed by atoms with Crippen LogP contribution in [0.5, 0.6) is 0 Å². The number of carbonyl (C=O) groups is 1. The Morgan fingerprint density at radius 2 is 2.32 bits per heavy atom. The largest absolute Gasteiger partial charge is 0.481 e. The van der Waals surface area contributed by atoms with Crippen LogP contribution in [-0.4, -0.2) is 54.9 Å². The summed E-state index contributed by atoms with van der Waals surface area (Å²) in [7, 11) is -3.58. The Kier molecular flexibility index (Phi) is 6.65. The van der Waals surface area contributed by atoms with Gasteiger partial charge in [-0.15, -0.1) is 18.2 Å². The zero-order chi connectivity index (χ0) is 14.3. The van der Waals surface area contributed by atoms with Crippen LogP contribution in [0.4, 0.5) is 0 Å². The fourth-order valence-corrected chi connectivity index (χ4v) is 3.75. The molecule has 1 rings (SSSR count). The Labute approximate surface area is 118 Å². The lowest BCUT2D eigenvalue weighted by atomic mass is 10.0. The zero-order valence-corrected chi connectivity index (χ0v) is 12.2. The molecule has 6 nitrogen and oxygen atoms in total. The van der Waals surface area contributed by atoms with Crippen LogP contribution in [0.2, 0.25) is 0 Å². The number of rotatable bonds is 7. The second-order valence-electron chi connectivity index (χ2n) is 4.19. The number of hydrogen-bond donors (Lipinski definition) is 2. The molecular formula is C11H18N2O4S2. The Morgan fingerprint density at radius 1 is 1.58 bits per heavy atom. The molecular weight excluding hydrogens is 288 g/mol. The average molecular weight is 306 g/mol. The average Bonchev–Trinajstić information content (AvgIpc) is 2.38. The van der Waals surface area contributed by atoms with Crippen LogP contribution in [0, 0.1) is 18.3 Å². The SMILES string of the molecule is C#CCSCCNS(=O)(=O)N1CCCC(C(=O)O)C1. The van der Waals surface area contributed by atoms with Crippen LogP contribution in [-0.2, 0) is 15.0 Å². The molecule has 0 radical (unpaired) electrons. The first-order valence-electron chi connectivity index (χ1n) is 5.96. The molecule has 1 heterocycles. The fourth-order valence-electron chi connectivity index (χ4n) is 1.83. The predicted molar refractivity (Wildman–Crippen MR) is 75.0 cm³/mol. The highest BCUT2D eigenvalue weighted by Gasteiger charge is 2.31. The molecule has 1 aliphatic heterocycles. The third-order valence-corrected chi connectivity index (χ3v) is 5.23. The van der Waals surface area contributed by atoms with Gasteiger partial charge in [-0.05, 0) is 12.8 Å². The summed E-state index contributed by atoms with van der Waals surface area (Å²) in [5.74, 6) is 2.05. The number of nitrogens with one attached hydrogen (secondary N) is 1. The van der Waals surface area contributed by atoms with Gasteiger partial charge in [0.1, 0.15) is 0 Å².